The average molecular weight is 469 g/mol. The molecule has 0 radical (unpaired) electrons. The van der Waals surface area contributed by atoms with Crippen molar-refractivity contribution in [1.29, 1.82) is 0 Å². The minimum atomic E-state index is -4.52. The van der Waals surface area contributed by atoms with Gasteiger partial charge in [0.25, 0.3) is 5.56 Å². The first-order valence-corrected chi connectivity index (χ1v) is 10.9. The fraction of sp³-hybridized carbons (Fsp3) is 0.292. The molecule has 7 nitrogen and oxygen atoms in total. The monoisotopic (exact) mass is 469 g/mol. The number of nitrogens with zero attached hydrogens (tertiary/aromatic N) is 3. The maximum atomic E-state index is 13.3. The molecule has 4 aromatic rings. The van der Waals surface area contributed by atoms with E-state index in [1.165, 1.54) is 6.20 Å². The summed E-state index contributed by atoms with van der Waals surface area (Å²) >= 11 is 0. The van der Waals surface area contributed by atoms with E-state index in [2.05, 4.69) is 15.7 Å². The number of benzene rings is 2. The Morgan fingerprint density at radius 2 is 1.97 bits per heavy atom. The molecule has 34 heavy (non-hydrogen) atoms. The van der Waals surface area contributed by atoms with Crippen molar-refractivity contribution < 1.29 is 18.0 Å². The molecule has 1 saturated carbocycles. The number of nitrogens with one attached hydrogen (secondary N) is 2. The third kappa shape index (κ3) is 4.23. The summed E-state index contributed by atoms with van der Waals surface area (Å²) < 4.78 is 42.7. The van der Waals surface area contributed by atoms with Crippen LogP contribution in [0.25, 0.3) is 21.7 Å². The van der Waals surface area contributed by atoms with Crippen LogP contribution in [0, 0.1) is 5.92 Å². The Kier molecular flexibility index (Phi) is 5.30. The van der Waals surface area contributed by atoms with Crippen molar-refractivity contribution in [2.75, 3.05) is 5.32 Å². The van der Waals surface area contributed by atoms with E-state index in [9.17, 15) is 22.8 Å². The SMILES string of the molecule is Cn1ncc2cc(Nc3cccc4ccn(CC(=O)N[C@@H](C5CC5)C(F)(F)F)c(=O)c34)ccc21. The molecule has 0 bridgehead atoms. The standard InChI is InChI=1S/C24H22F3N5O2/c1-31-19-8-7-17(11-16(19)12-28-31)29-18-4-2-3-14-9-10-32(23(34)21(14)18)13-20(33)30-22(15-5-6-15)24(25,26)27/h2-4,7-12,15,22,29H,5-6,13H2,1H3,(H,30,33)/t22-/m0/s1. The zero-order valence-corrected chi connectivity index (χ0v) is 18.3. The first kappa shape index (κ1) is 22.0. The van der Waals surface area contributed by atoms with Gasteiger partial charge in [-0.25, -0.2) is 0 Å². The number of alkyl halides is 3. The molecule has 176 valence electrons. The van der Waals surface area contributed by atoms with E-state index < -0.39 is 36.1 Å². The van der Waals surface area contributed by atoms with Gasteiger partial charge in [0.1, 0.15) is 12.6 Å². The second kappa shape index (κ2) is 8.19. The zero-order valence-electron chi connectivity index (χ0n) is 18.3. The number of anilines is 2. The van der Waals surface area contributed by atoms with E-state index >= 15 is 0 Å². The smallest absolute Gasteiger partial charge is 0.355 e. The Balaban J connectivity index is 1.43. The molecule has 1 fully saturated rings. The predicted octanol–water partition coefficient (Wildman–Crippen LogP) is 4.09. The van der Waals surface area contributed by atoms with Gasteiger partial charge in [0.05, 0.1) is 22.8 Å². The van der Waals surface area contributed by atoms with Gasteiger partial charge in [-0.2, -0.15) is 18.3 Å². The Labute approximate surface area is 192 Å². The Morgan fingerprint density at radius 1 is 1.18 bits per heavy atom. The van der Waals surface area contributed by atoms with Crippen molar-refractivity contribution in [1.82, 2.24) is 19.7 Å². The lowest BCUT2D eigenvalue weighted by atomic mass is 10.1. The summed E-state index contributed by atoms with van der Waals surface area (Å²) in [6, 6.07) is 10.8. The van der Waals surface area contributed by atoms with E-state index in [4.69, 9.17) is 0 Å². The maximum Gasteiger partial charge on any atom is 0.408 e. The lowest BCUT2D eigenvalue weighted by molar-refractivity contribution is -0.166. The van der Waals surface area contributed by atoms with Gasteiger partial charge in [0, 0.05) is 24.3 Å². The van der Waals surface area contributed by atoms with E-state index in [1.807, 2.05) is 25.2 Å². The van der Waals surface area contributed by atoms with E-state index in [1.54, 1.807) is 35.1 Å². The molecule has 1 amide bonds. The van der Waals surface area contributed by atoms with Crippen molar-refractivity contribution in [2.24, 2.45) is 13.0 Å². The van der Waals surface area contributed by atoms with Gasteiger partial charge in [-0.1, -0.05) is 12.1 Å². The first-order chi connectivity index (χ1) is 16.2. The number of amides is 1. The lowest BCUT2D eigenvalue weighted by Gasteiger charge is -2.21. The molecule has 1 aliphatic rings. The van der Waals surface area contributed by atoms with Gasteiger partial charge in [-0.15, -0.1) is 0 Å². The summed E-state index contributed by atoms with van der Waals surface area (Å²) in [4.78, 5) is 25.6. The number of pyridine rings is 1. The average Bonchev–Trinajstić information content (AvgIpc) is 3.56. The molecular weight excluding hydrogens is 447 g/mol. The zero-order chi connectivity index (χ0) is 24.0. The summed E-state index contributed by atoms with van der Waals surface area (Å²) in [7, 11) is 1.85. The van der Waals surface area contributed by atoms with Crippen LogP contribution in [0.1, 0.15) is 12.8 Å². The number of fused-ring (bicyclic) bond motifs is 2. The number of carbonyl (C=O) groups excluding carboxylic acids is 1. The molecule has 2 aromatic carbocycles. The van der Waals surface area contributed by atoms with Crippen molar-refractivity contribution in [3.05, 3.63) is 65.2 Å². The fourth-order valence-electron chi connectivity index (χ4n) is 4.23. The highest BCUT2D eigenvalue weighted by Crippen LogP contribution is 2.40. The van der Waals surface area contributed by atoms with E-state index in [0.717, 1.165) is 21.2 Å². The minimum Gasteiger partial charge on any atom is -0.355 e. The molecule has 5 rings (SSSR count). The molecule has 1 aliphatic carbocycles. The third-order valence-corrected chi connectivity index (χ3v) is 6.11. The molecule has 10 heteroatoms. The largest absolute Gasteiger partial charge is 0.408 e. The van der Waals surface area contributed by atoms with Crippen molar-refractivity contribution in [3.63, 3.8) is 0 Å². The van der Waals surface area contributed by atoms with Crippen LogP contribution in [0.2, 0.25) is 0 Å². The highest BCUT2D eigenvalue weighted by atomic mass is 19.4. The quantitative estimate of drug-likeness (QED) is 0.446. The van der Waals surface area contributed by atoms with Gasteiger partial charge in [-0.05, 0) is 54.5 Å². The van der Waals surface area contributed by atoms with Crippen LogP contribution in [0.4, 0.5) is 24.5 Å². The van der Waals surface area contributed by atoms with Gasteiger partial charge in [0.15, 0.2) is 0 Å². The summed E-state index contributed by atoms with van der Waals surface area (Å²) in [6.07, 6.45) is -0.487. The number of halogens is 3. The van der Waals surface area contributed by atoms with Crippen LogP contribution in [-0.2, 0) is 18.4 Å². The maximum absolute atomic E-state index is 13.3. The number of rotatable bonds is 6. The highest BCUT2D eigenvalue weighted by Gasteiger charge is 2.49. The normalized spacial score (nSPS) is 14.9. The molecule has 0 saturated heterocycles. The third-order valence-electron chi connectivity index (χ3n) is 6.11. The van der Waals surface area contributed by atoms with Crippen molar-refractivity contribution in [3.8, 4) is 0 Å². The van der Waals surface area contributed by atoms with Crippen LogP contribution in [0.5, 0.6) is 0 Å². The van der Waals surface area contributed by atoms with Crippen molar-refractivity contribution in [2.45, 2.75) is 31.6 Å². The van der Waals surface area contributed by atoms with E-state index in [0.29, 0.717) is 29.3 Å². The van der Waals surface area contributed by atoms with Gasteiger partial charge in [0.2, 0.25) is 5.91 Å². The summed E-state index contributed by atoms with van der Waals surface area (Å²) in [5, 5.41) is 11.5. The molecule has 2 heterocycles. The second-order valence-electron chi connectivity index (χ2n) is 8.61. The number of hydrogen-bond donors (Lipinski definition) is 2. The highest BCUT2D eigenvalue weighted by molar-refractivity contribution is 5.95. The molecule has 0 unspecified atom stereocenters. The fourth-order valence-corrected chi connectivity index (χ4v) is 4.23. The topological polar surface area (TPSA) is 81.0 Å². The van der Waals surface area contributed by atoms with Crippen LogP contribution < -0.4 is 16.2 Å². The van der Waals surface area contributed by atoms with Crippen molar-refractivity contribution >= 4 is 39.0 Å². The molecule has 1 atom stereocenters. The first-order valence-electron chi connectivity index (χ1n) is 10.9. The van der Waals surface area contributed by atoms with Crippen LogP contribution in [0.15, 0.2) is 59.7 Å². The second-order valence-corrected chi connectivity index (χ2v) is 8.61. The number of carbonyl (C=O) groups is 1. The van der Waals surface area contributed by atoms with Crippen LogP contribution >= 0.6 is 0 Å². The van der Waals surface area contributed by atoms with E-state index in [-0.39, 0.29) is 0 Å². The predicted molar refractivity (Wildman–Crippen MR) is 123 cm³/mol. The number of aryl methyl sites for hydroxylation is 1. The van der Waals surface area contributed by atoms with Gasteiger partial charge in [-0.3, -0.25) is 14.3 Å². The Morgan fingerprint density at radius 3 is 2.71 bits per heavy atom. The Hall–Kier alpha value is -3.82. The van der Waals surface area contributed by atoms with Gasteiger partial charge >= 0.3 is 6.18 Å². The number of aromatic nitrogens is 3. The summed E-state index contributed by atoms with van der Waals surface area (Å²) in [6.45, 7) is -0.496. The molecular formula is C24H22F3N5O2. The van der Waals surface area contributed by atoms with Crippen LogP contribution in [-0.4, -0.2) is 32.5 Å². The Bertz CT molecular complexity index is 1450. The summed E-state index contributed by atoms with van der Waals surface area (Å²) in [5.41, 5.74) is 1.78. The van der Waals surface area contributed by atoms with Crippen LogP contribution in [0.3, 0.4) is 0 Å². The molecule has 0 aliphatic heterocycles. The number of hydrogen-bond acceptors (Lipinski definition) is 4. The van der Waals surface area contributed by atoms with Gasteiger partial charge < -0.3 is 15.2 Å². The minimum absolute atomic E-state index is 0.346. The lowest BCUT2D eigenvalue weighted by Crippen LogP contribution is -2.48. The molecule has 0 spiro atoms. The summed E-state index contributed by atoms with van der Waals surface area (Å²) in [5.74, 6) is -1.44. The molecule has 2 N–H and O–H groups in total. The molecule has 2 aromatic heterocycles.